The van der Waals surface area contributed by atoms with Gasteiger partial charge in [-0.05, 0) is 0 Å². The fraction of sp³-hybridized carbons (Fsp3) is 0.625. The number of rotatable bonds is 2. The van der Waals surface area contributed by atoms with Gasteiger partial charge in [0.1, 0.15) is 0 Å². The van der Waals surface area contributed by atoms with Gasteiger partial charge in [-0.15, -0.1) is 0 Å². The minimum Gasteiger partial charge on any atom is -0.274 e. The first-order chi connectivity index (χ1) is 5.54. The zero-order valence-corrected chi connectivity index (χ0v) is 7.59. The zero-order valence-electron chi connectivity index (χ0n) is 7.59. The number of carbonyl (C=O) groups is 3. The molecule has 0 unspecified atom stereocenters. The van der Waals surface area contributed by atoms with Gasteiger partial charge in [0.2, 0.25) is 17.7 Å². The van der Waals surface area contributed by atoms with Crippen molar-refractivity contribution in [1.29, 1.82) is 0 Å². The average molecular weight is 171 g/mol. The summed E-state index contributed by atoms with van der Waals surface area (Å²) >= 11 is 0. The van der Waals surface area contributed by atoms with E-state index in [1.807, 2.05) is 0 Å². The van der Waals surface area contributed by atoms with Crippen molar-refractivity contribution in [3.8, 4) is 0 Å². The summed E-state index contributed by atoms with van der Waals surface area (Å²) in [7, 11) is 0. The molecule has 68 valence electrons. The second kappa shape index (κ2) is 4.64. The van der Waals surface area contributed by atoms with Crippen LogP contribution >= 0.6 is 0 Å². The van der Waals surface area contributed by atoms with Crippen LogP contribution in [0.15, 0.2) is 0 Å². The van der Waals surface area contributed by atoms with E-state index in [4.69, 9.17) is 0 Å². The molecule has 0 aromatic carbocycles. The van der Waals surface area contributed by atoms with Crippen LogP contribution < -0.4 is 0 Å². The van der Waals surface area contributed by atoms with Crippen LogP contribution in [0.4, 0.5) is 0 Å². The maximum absolute atomic E-state index is 11.0. The Labute approximate surface area is 71.5 Å². The van der Waals surface area contributed by atoms with Gasteiger partial charge in [-0.2, -0.15) is 0 Å². The summed E-state index contributed by atoms with van der Waals surface area (Å²) in [6.45, 7) is 4.43. The van der Waals surface area contributed by atoms with Gasteiger partial charge >= 0.3 is 0 Å². The fourth-order valence-electron chi connectivity index (χ4n) is 0.807. The molecule has 0 aromatic heterocycles. The summed E-state index contributed by atoms with van der Waals surface area (Å²) in [5.74, 6) is -1.38. The van der Waals surface area contributed by atoms with E-state index < -0.39 is 17.7 Å². The first-order valence-electron chi connectivity index (χ1n) is 3.90. The lowest BCUT2D eigenvalue weighted by Gasteiger charge is -2.14. The summed E-state index contributed by atoms with van der Waals surface area (Å²) in [4.78, 5) is 33.6. The van der Waals surface area contributed by atoms with Crippen LogP contribution in [0.5, 0.6) is 0 Å². The van der Waals surface area contributed by atoms with Crippen LogP contribution in [-0.2, 0) is 14.4 Å². The molecule has 3 amide bonds. The van der Waals surface area contributed by atoms with E-state index in [1.165, 1.54) is 6.92 Å². The Kier molecular flexibility index (Phi) is 4.18. The Hall–Kier alpha value is -1.19. The van der Waals surface area contributed by atoms with Gasteiger partial charge in [-0.1, -0.05) is 13.8 Å². The Balaban J connectivity index is 4.55. The number of amides is 3. The molecule has 0 spiro atoms. The van der Waals surface area contributed by atoms with Crippen LogP contribution in [0.3, 0.4) is 0 Å². The number of imide groups is 3. The van der Waals surface area contributed by atoms with Crippen LogP contribution in [0.1, 0.15) is 33.6 Å². The smallest absolute Gasteiger partial charge is 0.235 e. The predicted octanol–water partition coefficient (Wildman–Crippen LogP) is 0.708. The molecule has 0 aromatic rings. The van der Waals surface area contributed by atoms with Crippen molar-refractivity contribution < 1.29 is 14.4 Å². The maximum atomic E-state index is 11.0. The van der Waals surface area contributed by atoms with Gasteiger partial charge < -0.3 is 0 Å². The minimum atomic E-state index is -0.506. The molecule has 0 rings (SSSR count). The average Bonchev–Trinajstić information content (AvgIpc) is 2.03. The van der Waals surface area contributed by atoms with E-state index in [9.17, 15) is 14.4 Å². The number of hydrogen-bond donors (Lipinski definition) is 0. The quantitative estimate of drug-likeness (QED) is 0.614. The molecule has 12 heavy (non-hydrogen) atoms. The van der Waals surface area contributed by atoms with Crippen molar-refractivity contribution in [2.24, 2.45) is 0 Å². The molecule has 0 radical (unpaired) electrons. The van der Waals surface area contributed by atoms with Crippen molar-refractivity contribution in [1.82, 2.24) is 4.90 Å². The lowest BCUT2D eigenvalue weighted by atomic mass is 10.3. The van der Waals surface area contributed by atoms with Gasteiger partial charge in [0.05, 0.1) is 0 Å². The van der Waals surface area contributed by atoms with E-state index in [2.05, 4.69) is 0 Å². The van der Waals surface area contributed by atoms with E-state index in [0.29, 0.717) is 4.90 Å². The summed E-state index contributed by atoms with van der Waals surface area (Å²) < 4.78 is 0. The van der Waals surface area contributed by atoms with E-state index in [-0.39, 0.29) is 12.8 Å². The summed E-state index contributed by atoms with van der Waals surface area (Å²) in [5, 5.41) is 0. The summed E-state index contributed by atoms with van der Waals surface area (Å²) in [5.41, 5.74) is 0. The highest BCUT2D eigenvalue weighted by molar-refractivity contribution is 6.09. The largest absolute Gasteiger partial charge is 0.274 e. The molecular weight excluding hydrogens is 158 g/mol. The first-order valence-corrected chi connectivity index (χ1v) is 3.90. The van der Waals surface area contributed by atoms with Crippen LogP contribution in [-0.4, -0.2) is 22.6 Å². The summed E-state index contributed by atoms with van der Waals surface area (Å²) in [6.07, 6.45) is 0.344. The molecule has 0 atom stereocenters. The molecule has 4 heteroatoms. The Morgan fingerprint density at radius 2 is 1.33 bits per heavy atom. The van der Waals surface area contributed by atoms with Gasteiger partial charge in [0, 0.05) is 19.8 Å². The molecule has 0 aliphatic rings. The SMILES string of the molecule is CCC(=O)N(C(C)=O)C(=O)CC. The van der Waals surface area contributed by atoms with Gasteiger partial charge in [-0.3, -0.25) is 14.4 Å². The van der Waals surface area contributed by atoms with E-state index >= 15 is 0 Å². The topological polar surface area (TPSA) is 54.5 Å². The molecule has 0 aliphatic carbocycles. The van der Waals surface area contributed by atoms with Gasteiger partial charge in [0.25, 0.3) is 0 Å². The predicted molar refractivity (Wildman–Crippen MR) is 43.1 cm³/mol. The minimum absolute atomic E-state index is 0.172. The van der Waals surface area contributed by atoms with Crippen molar-refractivity contribution in [3.05, 3.63) is 0 Å². The third-order valence-electron chi connectivity index (χ3n) is 1.42. The molecule has 0 heterocycles. The highest BCUT2D eigenvalue weighted by Crippen LogP contribution is 1.98. The highest BCUT2D eigenvalue weighted by atomic mass is 16.2. The number of nitrogens with zero attached hydrogens (tertiary/aromatic N) is 1. The lowest BCUT2D eigenvalue weighted by Crippen LogP contribution is -2.39. The zero-order chi connectivity index (χ0) is 9.72. The highest BCUT2D eigenvalue weighted by Gasteiger charge is 2.21. The first kappa shape index (κ1) is 10.8. The standard InChI is InChI=1S/C8H13NO3/c1-4-7(11)9(6(3)10)8(12)5-2/h4-5H2,1-3H3. The van der Waals surface area contributed by atoms with Gasteiger partial charge in [0.15, 0.2) is 0 Å². The molecule has 0 bridgehead atoms. The van der Waals surface area contributed by atoms with Crippen molar-refractivity contribution in [2.75, 3.05) is 0 Å². The molecule has 0 saturated carbocycles. The molecule has 0 aliphatic heterocycles. The van der Waals surface area contributed by atoms with Gasteiger partial charge in [-0.25, -0.2) is 4.90 Å². The molecule has 0 saturated heterocycles. The Morgan fingerprint density at radius 1 is 1.00 bits per heavy atom. The van der Waals surface area contributed by atoms with Crippen molar-refractivity contribution >= 4 is 17.7 Å². The normalized spacial score (nSPS) is 9.25. The summed E-state index contributed by atoms with van der Waals surface area (Å²) in [6, 6.07) is 0. The maximum Gasteiger partial charge on any atom is 0.235 e. The van der Waals surface area contributed by atoms with Crippen molar-refractivity contribution in [3.63, 3.8) is 0 Å². The number of carbonyl (C=O) groups excluding carboxylic acids is 3. The second-order valence-corrected chi connectivity index (χ2v) is 2.35. The molecule has 0 fully saturated rings. The van der Waals surface area contributed by atoms with Crippen molar-refractivity contribution in [2.45, 2.75) is 33.6 Å². The lowest BCUT2D eigenvalue weighted by molar-refractivity contribution is -0.152. The van der Waals surface area contributed by atoms with E-state index in [1.54, 1.807) is 13.8 Å². The third-order valence-corrected chi connectivity index (χ3v) is 1.42. The second-order valence-electron chi connectivity index (χ2n) is 2.35. The van der Waals surface area contributed by atoms with Crippen LogP contribution in [0.2, 0.25) is 0 Å². The molecule has 0 N–H and O–H groups in total. The molecule has 4 nitrogen and oxygen atoms in total. The Bertz CT molecular complexity index is 194. The fourth-order valence-corrected chi connectivity index (χ4v) is 0.807. The third kappa shape index (κ3) is 2.45. The Morgan fingerprint density at radius 3 is 1.50 bits per heavy atom. The number of hydrogen-bond acceptors (Lipinski definition) is 3. The molecular formula is C8H13NO3. The van der Waals surface area contributed by atoms with Crippen LogP contribution in [0.25, 0.3) is 0 Å². The monoisotopic (exact) mass is 171 g/mol. The van der Waals surface area contributed by atoms with Crippen LogP contribution in [0, 0.1) is 0 Å². The van der Waals surface area contributed by atoms with E-state index in [0.717, 1.165) is 0 Å².